The van der Waals surface area contributed by atoms with Crippen molar-refractivity contribution in [3.63, 3.8) is 0 Å². The summed E-state index contributed by atoms with van der Waals surface area (Å²) in [6, 6.07) is 0. The molecule has 3 heteroatoms. The summed E-state index contributed by atoms with van der Waals surface area (Å²) in [6.07, 6.45) is 2.21. The number of piperidine rings is 1. The molecular weight excluding hydrogens is 178 g/mol. The molecule has 1 heterocycles. The topological polar surface area (TPSA) is 38.3 Å². The molecule has 1 saturated heterocycles. The first-order chi connectivity index (χ1) is 6.54. The van der Waals surface area contributed by atoms with Gasteiger partial charge in [-0.15, -0.1) is 0 Å². The molecule has 1 aliphatic heterocycles. The standard InChI is InChI=1S/C11H21NO2/c1-9(2)14-7-10(13)11(3)5-4-6-12-8-11/h9,12H,4-8H2,1-3H3. The van der Waals surface area contributed by atoms with Gasteiger partial charge in [-0.25, -0.2) is 0 Å². The molecule has 0 spiro atoms. The van der Waals surface area contributed by atoms with Crippen molar-refractivity contribution < 1.29 is 9.53 Å². The van der Waals surface area contributed by atoms with E-state index in [1.165, 1.54) is 0 Å². The van der Waals surface area contributed by atoms with Gasteiger partial charge in [0.05, 0.1) is 6.10 Å². The molecule has 14 heavy (non-hydrogen) atoms. The fourth-order valence-electron chi connectivity index (χ4n) is 1.71. The van der Waals surface area contributed by atoms with Crippen LogP contribution >= 0.6 is 0 Å². The summed E-state index contributed by atoms with van der Waals surface area (Å²) in [5.41, 5.74) is -0.201. The quantitative estimate of drug-likeness (QED) is 0.743. The van der Waals surface area contributed by atoms with Crippen molar-refractivity contribution in [2.75, 3.05) is 19.7 Å². The van der Waals surface area contributed by atoms with Crippen molar-refractivity contribution >= 4 is 5.78 Å². The monoisotopic (exact) mass is 199 g/mol. The molecule has 82 valence electrons. The summed E-state index contributed by atoms with van der Waals surface area (Å²) < 4.78 is 5.34. The third-order valence-electron chi connectivity index (χ3n) is 2.82. The minimum atomic E-state index is -0.201. The minimum absolute atomic E-state index is 0.138. The van der Waals surface area contributed by atoms with Crippen LogP contribution in [0.15, 0.2) is 0 Å². The molecule has 0 saturated carbocycles. The highest BCUT2D eigenvalue weighted by atomic mass is 16.5. The fraction of sp³-hybridized carbons (Fsp3) is 0.909. The van der Waals surface area contributed by atoms with E-state index in [4.69, 9.17) is 4.74 Å². The van der Waals surface area contributed by atoms with E-state index in [1.807, 2.05) is 20.8 Å². The molecule has 0 aliphatic carbocycles. The van der Waals surface area contributed by atoms with Crippen molar-refractivity contribution in [2.45, 2.75) is 39.7 Å². The normalized spacial score (nSPS) is 28.0. The van der Waals surface area contributed by atoms with Gasteiger partial charge in [-0.1, -0.05) is 6.92 Å². The van der Waals surface area contributed by atoms with Gasteiger partial charge in [0.15, 0.2) is 5.78 Å². The number of hydrogen-bond donors (Lipinski definition) is 1. The smallest absolute Gasteiger partial charge is 0.165 e. The van der Waals surface area contributed by atoms with Crippen LogP contribution in [0.4, 0.5) is 0 Å². The van der Waals surface area contributed by atoms with Gasteiger partial charge in [0.25, 0.3) is 0 Å². The third-order valence-corrected chi connectivity index (χ3v) is 2.82. The Morgan fingerprint density at radius 2 is 2.29 bits per heavy atom. The first-order valence-corrected chi connectivity index (χ1v) is 5.40. The zero-order chi connectivity index (χ0) is 10.6. The number of rotatable bonds is 4. The molecule has 1 N–H and O–H groups in total. The van der Waals surface area contributed by atoms with E-state index in [0.717, 1.165) is 25.9 Å². The molecule has 1 fully saturated rings. The van der Waals surface area contributed by atoms with Gasteiger partial charge in [-0.3, -0.25) is 4.79 Å². The predicted molar refractivity (Wildman–Crippen MR) is 56.3 cm³/mol. The van der Waals surface area contributed by atoms with E-state index >= 15 is 0 Å². The van der Waals surface area contributed by atoms with Crippen LogP contribution in [0.2, 0.25) is 0 Å². The Morgan fingerprint density at radius 3 is 2.79 bits per heavy atom. The first-order valence-electron chi connectivity index (χ1n) is 5.40. The number of carbonyl (C=O) groups is 1. The van der Waals surface area contributed by atoms with Crippen LogP contribution in [-0.2, 0) is 9.53 Å². The molecule has 0 aromatic heterocycles. The highest BCUT2D eigenvalue weighted by Gasteiger charge is 2.34. The van der Waals surface area contributed by atoms with Gasteiger partial charge in [0.2, 0.25) is 0 Å². The summed E-state index contributed by atoms with van der Waals surface area (Å²) in [7, 11) is 0. The van der Waals surface area contributed by atoms with Crippen LogP contribution in [0.1, 0.15) is 33.6 Å². The summed E-state index contributed by atoms with van der Waals surface area (Å²) >= 11 is 0. The predicted octanol–water partition coefficient (Wildman–Crippen LogP) is 1.37. The van der Waals surface area contributed by atoms with Gasteiger partial charge in [-0.05, 0) is 33.2 Å². The number of carbonyl (C=O) groups excluding carboxylic acids is 1. The first kappa shape index (κ1) is 11.7. The van der Waals surface area contributed by atoms with E-state index in [-0.39, 0.29) is 23.9 Å². The lowest BCUT2D eigenvalue weighted by molar-refractivity contribution is -0.135. The molecule has 1 atom stereocenters. The molecule has 0 amide bonds. The van der Waals surface area contributed by atoms with Gasteiger partial charge in [0.1, 0.15) is 6.61 Å². The highest BCUT2D eigenvalue weighted by molar-refractivity contribution is 5.86. The lowest BCUT2D eigenvalue weighted by Gasteiger charge is -2.32. The molecule has 0 radical (unpaired) electrons. The molecule has 0 bridgehead atoms. The zero-order valence-electron chi connectivity index (χ0n) is 9.43. The molecular formula is C11H21NO2. The van der Waals surface area contributed by atoms with Gasteiger partial charge >= 0.3 is 0 Å². The molecule has 1 aliphatic rings. The van der Waals surface area contributed by atoms with Gasteiger partial charge in [-0.2, -0.15) is 0 Å². The van der Waals surface area contributed by atoms with E-state index in [0.29, 0.717) is 0 Å². The van der Waals surface area contributed by atoms with Gasteiger partial charge < -0.3 is 10.1 Å². The van der Waals surface area contributed by atoms with Crippen molar-refractivity contribution in [1.29, 1.82) is 0 Å². The number of Topliss-reactive ketones (excluding diaryl/α,β-unsaturated/α-hetero) is 1. The van der Waals surface area contributed by atoms with Crippen molar-refractivity contribution in [3.05, 3.63) is 0 Å². The maximum Gasteiger partial charge on any atom is 0.165 e. The summed E-state index contributed by atoms with van der Waals surface area (Å²) in [5, 5.41) is 3.27. The Bertz CT molecular complexity index is 195. The molecule has 1 unspecified atom stereocenters. The summed E-state index contributed by atoms with van der Waals surface area (Å²) in [4.78, 5) is 11.9. The molecule has 1 rings (SSSR count). The lowest BCUT2D eigenvalue weighted by atomic mass is 9.79. The van der Waals surface area contributed by atoms with Crippen LogP contribution in [0.5, 0.6) is 0 Å². The Labute approximate surface area is 86.2 Å². The van der Waals surface area contributed by atoms with E-state index in [9.17, 15) is 4.79 Å². The second kappa shape index (κ2) is 4.89. The van der Waals surface area contributed by atoms with Crippen molar-refractivity contribution in [1.82, 2.24) is 5.32 Å². The van der Waals surface area contributed by atoms with Crippen LogP contribution in [0.25, 0.3) is 0 Å². The molecule has 0 aromatic rings. The minimum Gasteiger partial charge on any atom is -0.371 e. The maximum atomic E-state index is 11.9. The zero-order valence-corrected chi connectivity index (χ0v) is 9.43. The van der Waals surface area contributed by atoms with Crippen LogP contribution < -0.4 is 5.32 Å². The van der Waals surface area contributed by atoms with E-state index in [2.05, 4.69) is 5.32 Å². The maximum absolute atomic E-state index is 11.9. The van der Waals surface area contributed by atoms with Crippen LogP contribution in [0, 0.1) is 5.41 Å². The van der Waals surface area contributed by atoms with Crippen LogP contribution in [0.3, 0.4) is 0 Å². The fourth-order valence-corrected chi connectivity index (χ4v) is 1.71. The molecule has 0 aromatic carbocycles. The summed E-state index contributed by atoms with van der Waals surface area (Å²) in [5.74, 6) is 0.235. The number of nitrogens with one attached hydrogen (secondary N) is 1. The Morgan fingerprint density at radius 1 is 1.57 bits per heavy atom. The van der Waals surface area contributed by atoms with E-state index in [1.54, 1.807) is 0 Å². The Kier molecular flexibility index (Phi) is 4.08. The lowest BCUT2D eigenvalue weighted by Crippen LogP contribution is -2.45. The number of ketones is 1. The van der Waals surface area contributed by atoms with Gasteiger partial charge in [0, 0.05) is 12.0 Å². The second-order valence-corrected chi connectivity index (χ2v) is 4.62. The van der Waals surface area contributed by atoms with Crippen LogP contribution in [-0.4, -0.2) is 31.6 Å². The average molecular weight is 199 g/mol. The highest BCUT2D eigenvalue weighted by Crippen LogP contribution is 2.26. The van der Waals surface area contributed by atoms with Crippen molar-refractivity contribution in [2.24, 2.45) is 5.41 Å². The average Bonchev–Trinajstić information content (AvgIpc) is 2.15. The third kappa shape index (κ3) is 3.07. The van der Waals surface area contributed by atoms with Crippen molar-refractivity contribution in [3.8, 4) is 0 Å². The number of hydrogen-bond acceptors (Lipinski definition) is 3. The Balaban J connectivity index is 2.41. The Hall–Kier alpha value is -0.410. The number of ether oxygens (including phenoxy) is 1. The second-order valence-electron chi connectivity index (χ2n) is 4.62. The summed E-state index contributed by atoms with van der Waals surface area (Å²) in [6.45, 7) is 8.03. The molecule has 3 nitrogen and oxygen atoms in total. The largest absolute Gasteiger partial charge is 0.371 e. The SMILES string of the molecule is CC(C)OCC(=O)C1(C)CCCNC1. The van der Waals surface area contributed by atoms with E-state index < -0.39 is 0 Å².